The molecule has 0 amide bonds. The van der Waals surface area contributed by atoms with Gasteiger partial charge in [-0.2, -0.15) is 4.31 Å². The van der Waals surface area contributed by atoms with E-state index >= 15 is 0 Å². The lowest BCUT2D eigenvalue weighted by Gasteiger charge is -2.25. The van der Waals surface area contributed by atoms with Gasteiger partial charge in [0.25, 0.3) is 0 Å². The molecule has 2 heterocycles. The third kappa shape index (κ3) is 3.28. The zero-order chi connectivity index (χ0) is 19.1. The van der Waals surface area contributed by atoms with E-state index in [1.165, 1.54) is 30.7 Å². The van der Waals surface area contributed by atoms with Crippen LogP contribution in [-0.2, 0) is 23.0 Å². The molecule has 9 heteroatoms. The summed E-state index contributed by atoms with van der Waals surface area (Å²) in [5.41, 5.74) is 0.656. The Labute approximate surface area is 157 Å². The molecule has 0 radical (unpaired) electrons. The van der Waals surface area contributed by atoms with Gasteiger partial charge in [0, 0.05) is 31.0 Å². The van der Waals surface area contributed by atoms with Crippen LogP contribution in [0.5, 0.6) is 11.5 Å². The normalized spacial score (nSPS) is 15.2. The van der Waals surface area contributed by atoms with Crippen LogP contribution >= 0.6 is 11.6 Å². The zero-order valence-electron chi connectivity index (χ0n) is 15.1. The van der Waals surface area contributed by atoms with Gasteiger partial charge in [-0.05, 0) is 0 Å². The first-order chi connectivity index (χ1) is 12.3. The molecule has 0 fully saturated rings. The lowest BCUT2D eigenvalue weighted by Crippen LogP contribution is -2.36. The van der Waals surface area contributed by atoms with Gasteiger partial charge in [0.1, 0.15) is 22.2 Å². The van der Waals surface area contributed by atoms with Gasteiger partial charge in [-0.3, -0.25) is 0 Å². The number of hydrogen-bond acceptors (Lipinski definition) is 6. The largest absolute Gasteiger partial charge is 0.495 e. The van der Waals surface area contributed by atoms with E-state index < -0.39 is 10.0 Å². The van der Waals surface area contributed by atoms with Crippen molar-refractivity contribution in [1.82, 2.24) is 9.29 Å². The Morgan fingerprint density at radius 2 is 1.92 bits per heavy atom. The molecule has 0 spiro atoms. The van der Waals surface area contributed by atoms with Crippen LogP contribution in [0.15, 0.2) is 21.4 Å². The Morgan fingerprint density at radius 3 is 2.54 bits per heavy atom. The second-order valence-corrected chi connectivity index (χ2v) is 8.62. The molecule has 1 aliphatic heterocycles. The monoisotopic (exact) mass is 400 g/mol. The second-order valence-electron chi connectivity index (χ2n) is 6.30. The van der Waals surface area contributed by atoms with E-state index in [1.54, 1.807) is 0 Å². The van der Waals surface area contributed by atoms with Crippen LogP contribution in [0.2, 0.25) is 5.02 Å². The molecular formula is C17H21ClN2O5S. The molecule has 0 saturated carbocycles. The summed E-state index contributed by atoms with van der Waals surface area (Å²) in [5.74, 6) is 1.96. The smallest absolute Gasteiger partial charge is 0.247 e. The minimum atomic E-state index is -3.82. The number of halogens is 1. The summed E-state index contributed by atoms with van der Waals surface area (Å²) in [7, 11) is -0.988. The molecular weight excluding hydrogens is 380 g/mol. The third-order valence-corrected chi connectivity index (χ3v) is 6.42. The second kappa shape index (κ2) is 7.09. The van der Waals surface area contributed by atoms with Crippen molar-refractivity contribution in [3.05, 3.63) is 34.5 Å². The lowest BCUT2D eigenvalue weighted by atomic mass is 10.2. The fourth-order valence-corrected chi connectivity index (χ4v) is 4.61. The summed E-state index contributed by atoms with van der Waals surface area (Å²) in [6.07, 6.45) is 0.474. The Bertz CT molecular complexity index is 923. The van der Waals surface area contributed by atoms with Crippen LogP contribution in [0.3, 0.4) is 0 Å². The predicted octanol–water partition coefficient (Wildman–Crippen LogP) is 3.22. The number of aromatic nitrogens is 1. The standard InChI is InChI=1S/C17H21ClN2O5S/c1-10(2)17-19-12-9-20(6-5-13(12)25-17)26(21,22)16-8-14(23-3)11(18)7-15(16)24-4/h7-8,10H,5-6,9H2,1-4H3. The molecule has 0 saturated heterocycles. The highest BCUT2D eigenvalue weighted by Gasteiger charge is 2.34. The van der Waals surface area contributed by atoms with Crippen molar-refractivity contribution >= 4 is 21.6 Å². The molecule has 1 aromatic heterocycles. The Hall–Kier alpha value is -1.77. The van der Waals surface area contributed by atoms with Crippen LogP contribution in [0.4, 0.5) is 0 Å². The number of rotatable bonds is 5. The third-order valence-electron chi connectivity index (χ3n) is 4.26. The molecule has 1 aliphatic rings. The van der Waals surface area contributed by atoms with E-state index in [0.717, 1.165) is 5.76 Å². The van der Waals surface area contributed by atoms with Gasteiger partial charge in [-0.1, -0.05) is 25.4 Å². The molecule has 1 aromatic carbocycles. The number of nitrogens with zero attached hydrogens (tertiary/aromatic N) is 2. The maximum atomic E-state index is 13.2. The number of oxazole rings is 1. The molecule has 0 bridgehead atoms. The van der Waals surface area contributed by atoms with E-state index in [0.29, 0.717) is 24.6 Å². The first-order valence-electron chi connectivity index (χ1n) is 8.18. The van der Waals surface area contributed by atoms with Crippen LogP contribution in [-0.4, -0.2) is 38.5 Å². The van der Waals surface area contributed by atoms with E-state index in [9.17, 15) is 8.42 Å². The molecule has 7 nitrogen and oxygen atoms in total. The highest BCUT2D eigenvalue weighted by Crippen LogP contribution is 2.37. The van der Waals surface area contributed by atoms with Crippen molar-refractivity contribution in [3.63, 3.8) is 0 Å². The highest BCUT2D eigenvalue weighted by atomic mass is 35.5. The summed E-state index contributed by atoms with van der Waals surface area (Å²) < 4.78 is 43.9. The summed E-state index contributed by atoms with van der Waals surface area (Å²) in [6, 6.07) is 2.82. The number of hydrogen-bond donors (Lipinski definition) is 0. The SMILES string of the molecule is COc1cc(S(=O)(=O)N2CCc3oc(C(C)C)nc3C2)c(OC)cc1Cl. The molecule has 26 heavy (non-hydrogen) atoms. The van der Waals surface area contributed by atoms with E-state index in [4.69, 9.17) is 25.5 Å². The van der Waals surface area contributed by atoms with Crippen molar-refractivity contribution in [1.29, 1.82) is 0 Å². The van der Waals surface area contributed by atoms with Gasteiger partial charge >= 0.3 is 0 Å². The first-order valence-corrected chi connectivity index (χ1v) is 9.99. The number of sulfonamides is 1. The van der Waals surface area contributed by atoms with E-state index in [2.05, 4.69) is 4.98 Å². The summed E-state index contributed by atoms with van der Waals surface area (Å²) in [5, 5.41) is 0.280. The van der Waals surface area contributed by atoms with Crippen LogP contribution in [0.25, 0.3) is 0 Å². The molecule has 142 valence electrons. The summed E-state index contributed by atoms with van der Waals surface area (Å²) >= 11 is 6.08. The van der Waals surface area contributed by atoms with Gasteiger partial charge in [0.05, 0.1) is 31.5 Å². The number of ether oxygens (including phenoxy) is 2. The summed E-state index contributed by atoms with van der Waals surface area (Å²) in [6.45, 7) is 4.42. The van der Waals surface area contributed by atoms with Crippen molar-refractivity contribution in [2.24, 2.45) is 0 Å². The van der Waals surface area contributed by atoms with Crippen LogP contribution in [0, 0.1) is 0 Å². The molecule has 2 aromatic rings. The first kappa shape index (κ1) is 19.0. The van der Waals surface area contributed by atoms with Gasteiger partial charge in [0.15, 0.2) is 5.89 Å². The number of benzene rings is 1. The molecule has 0 unspecified atom stereocenters. The fraction of sp³-hybridized carbons (Fsp3) is 0.471. The highest BCUT2D eigenvalue weighted by molar-refractivity contribution is 7.89. The van der Waals surface area contributed by atoms with Crippen molar-refractivity contribution in [2.75, 3.05) is 20.8 Å². The number of methoxy groups -OCH3 is 2. The average molecular weight is 401 g/mol. The van der Waals surface area contributed by atoms with Gasteiger partial charge in [-0.25, -0.2) is 13.4 Å². The van der Waals surface area contributed by atoms with E-state index in [1.807, 2.05) is 13.8 Å². The van der Waals surface area contributed by atoms with E-state index in [-0.39, 0.29) is 33.9 Å². The Morgan fingerprint density at radius 1 is 1.23 bits per heavy atom. The van der Waals surface area contributed by atoms with Crippen molar-refractivity contribution in [3.8, 4) is 11.5 Å². The number of fused-ring (bicyclic) bond motifs is 1. The maximum absolute atomic E-state index is 13.2. The Kier molecular flexibility index (Phi) is 5.18. The zero-order valence-corrected chi connectivity index (χ0v) is 16.6. The molecule has 0 atom stereocenters. The van der Waals surface area contributed by atoms with Crippen molar-refractivity contribution in [2.45, 2.75) is 37.6 Å². The quantitative estimate of drug-likeness (QED) is 0.766. The Balaban J connectivity index is 1.98. The van der Waals surface area contributed by atoms with Crippen molar-refractivity contribution < 1.29 is 22.3 Å². The maximum Gasteiger partial charge on any atom is 0.247 e. The van der Waals surface area contributed by atoms with Gasteiger partial charge in [0.2, 0.25) is 10.0 Å². The molecule has 3 rings (SSSR count). The molecule has 0 aliphatic carbocycles. The lowest BCUT2D eigenvalue weighted by molar-refractivity contribution is 0.349. The van der Waals surface area contributed by atoms with Crippen LogP contribution < -0.4 is 9.47 Å². The average Bonchev–Trinajstić information content (AvgIpc) is 3.04. The van der Waals surface area contributed by atoms with Crippen LogP contribution in [0.1, 0.15) is 37.1 Å². The minimum Gasteiger partial charge on any atom is -0.495 e. The fourth-order valence-electron chi connectivity index (χ4n) is 2.82. The minimum absolute atomic E-state index is 0.0114. The predicted molar refractivity (Wildman–Crippen MR) is 96.4 cm³/mol. The summed E-state index contributed by atoms with van der Waals surface area (Å²) in [4.78, 5) is 4.46. The van der Waals surface area contributed by atoms with Gasteiger partial charge < -0.3 is 13.9 Å². The van der Waals surface area contributed by atoms with Gasteiger partial charge in [-0.15, -0.1) is 0 Å². The molecule has 0 N–H and O–H groups in total. The topological polar surface area (TPSA) is 81.9 Å².